The molecule has 0 aromatic rings. The number of rotatable bonds is 1. The highest BCUT2D eigenvalue weighted by Crippen LogP contribution is 2.12. The number of nitrogens with zero attached hydrogens (tertiary/aromatic N) is 2. The van der Waals surface area contributed by atoms with Gasteiger partial charge in [0.05, 0.1) is 6.04 Å². The van der Waals surface area contributed by atoms with Gasteiger partial charge in [0.15, 0.2) is 0 Å². The molecule has 1 amide bonds. The minimum absolute atomic E-state index is 0.175. The molecule has 0 aliphatic carbocycles. The van der Waals surface area contributed by atoms with Crippen molar-refractivity contribution in [3.63, 3.8) is 0 Å². The van der Waals surface area contributed by atoms with Gasteiger partial charge in [0.25, 0.3) is 0 Å². The summed E-state index contributed by atoms with van der Waals surface area (Å²) in [5, 5.41) is 11.4. The lowest BCUT2D eigenvalue weighted by molar-refractivity contribution is 0.132. The zero-order valence-electron chi connectivity index (χ0n) is 6.06. The molecule has 1 heterocycles. The second-order valence-electron chi connectivity index (χ2n) is 2.61. The van der Waals surface area contributed by atoms with Gasteiger partial charge >= 0.3 is 6.09 Å². The summed E-state index contributed by atoms with van der Waals surface area (Å²) in [6.07, 6.45) is 0.223. The fraction of sp³-hybridized carbons (Fsp3) is 0.833. The molecule has 0 aromatic heterocycles. The van der Waals surface area contributed by atoms with Crippen LogP contribution in [0, 0.1) is 4.91 Å². The molecule has 0 radical (unpaired) electrons. The van der Waals surface area contributed by atoms with Crippen molar-refractivity contribution in [1.82, 2.24) is 4.90 Å². The second-order valence-corrected chi connectivity index (χ2v) is 2.61. The third-order valence-electron chi connectivity index (χ3n) is 1.88. The molecule has 0 saturated carbocycles. The van der Waals surface area contributed by atoms with Crippen molar-refractivity contribution < 1.29 is 9.90 Å². The van der Waals surface area contributed by atoms with E-state index in [1.807, 2.05) is 0 Å². The van der Waals surface area contributed by atoms with Crippen molar-refractivity contribution in [2.45, 2.75) is 18.9 Å². The third kappa shape index (κ3) is 1.89. The maximum absolute atomic E-state index is 10.4. The summed E-state index contributed by atoms with van der Waals surface area (Å²) >= 11 is 0. The van der Waals surface area contributed by atoms with Crippen molar-refractivity contribution >= 4 is 6.09 Å². The lowest BCUT2D eigenvalue weighted by Crippen LogP contribution is -2.38. The number of amides is 1. The van der Waals surface area contributed by atoms with Gasteiger partial charge in [0.2, 0.25) is 0 Å². The maximum atomic E-state index is 10.4. The Labute approximate surface area is 64.0 Å². The Hall–Kier alpha value is -1.13. The summed E-state index contributed by atoms with van der Waals surface area (Å²) in [7, 11) is 0. The predicted molar refractivity (Wildman–Crippen MR) is 38.4 cm³/mol. The Balaban J connectivity index is 2.35. The van der Waals surface area contributed by atoms with E-state index < -0.39 is 6.09 Å². The molecule has 1 rings (SSSR count). The summed E-state index contributed by atoms with van der Waals surface area (Å²) in [5.74, 6) is 0. The summed E-state index contributed by atoms with van der Waals surface area (Å²) in [4.78, 5) is 21.7. The van der Waals surface area contributed by atoms with Crippen LogP contribution < -0.4 is 0 Å². The van der Waals surface area contributed by atoms with Crippen molar-refractivity contribution in [2.24, 2.45) is 5.18 Å². The van der Waals surface area contributed by atoms with Crippen LogP contribution in [0.3, 0.4) is 0 Å². The lowest BCUT2D eigenvalue weighted by atomic mass is 10.1. The van der Waals surface area contributed by atoms with Gasteiger partial charge in [-0.3, -0.25) is 0 Å². The van der Waals surface area contributed by atoms with Crippen molar-refractivity contribution in [1.29, 1.82) is 0 Å². The number of likely N-dealkylation sites (tertiary alicyclic amines) is 1. The molecule has 1 aliphatic rings. The Bertz CT molecular complexity index is 163. The molecular weight excluding hydrogens is 148 g/mol. The van der Waals surface area contributed by atoms with E-state index in [0.717, 1.165) is 0 Å². The Morgan fingerprint density at radius 3 is 2.36 bits per heavy atom. The summed E-state index contributed by atoms with van der Waals surface area (Å²) in [6.45, 7) is 0.872. The maximum Gasteiger partial charge on any atom is 0.407 e. The topological polar surface area (TPSA) is 70.0 Å². The highest BCUT2D eigenvalue weighted by molar-refractivity contribution is 5.65. The normalized spacial score (nSPS) is 19.8. The molecule has 1 saturated heterocycles. The standard InChI is InChI=1S/C6H10N2O3/c9-6(10)8-3-1-5(7-11)2-4-8/h5H,1-4H2,(H,9,10). The number of hydrogen-bond acceptors (Lipinski definition) is 3. The summed E-state index contributed by atoms with van der Waals surface area (Å²) < 4.78 is 0. The van der Waals surface area contributed by atoms with Gasteiger partial charge in [-0.15, -0.1) is 0 Å². The molecule has 62 valence electrons. The SMILES string of the molecule is O=NC1CCN(C(=O)O)CC1. The van der Waals surface area contributed by atoms with E-state index >= 15 is 0 Å². The van der Waals surface area contributed by atoms with Crippen LogP contribution in [0.5, 0.6) is 0 Å². The monoisotopic (exact) mass is 158 g/mol. The first-order valence-electron chi connectivity index (χ1n) is 3.54. The fourth-order valence-electron chi connectivity index (χ4n) is 1.16. The molecule has 1 N–H and O–H groups in total. The molecule has 5 heteroatoms. The summed E-state index contributed by atoms with van der Waals surface area (Å²) in [6, 6.07) is -0.175. The van der Waals surface area contributed by atoms with E-state index in [9.17, 15) is 9.70 Å². The van der Waals surface area contributed by atoms with Crippen LogP contribution in [0.1, 0.15) is 12.8 Å². The largest absolute Gasteiger partial charge is 0.465 e. The zero-order valence-corrected chi connectivity index (χ0v) is 6.06. The number of hydrogen-bond donors (Lipinski definition) is 1. The fourth-order valence-corrected chi connectivity index (χ4v) is 1.16. The molecule has 11 heavy (non-hydrogen) atoms. The van der Waals surface area contributed by atoms with Crippen LogP contribution in [0.25, 0.3) is 0 Å². The first-order chi connectivity index (χ1) is 5.24. The number of nitroso groups, excluding NO2 is 1. The van der Waals surface area contributed by atoms with E-state index in [4.69, 9.17) is 5.11 Å². The number of piperidine rings is 1. The van der Waals surface area contributed by atoms with Crippen molar-refractivity contribution in [3.05, 3.63) is 4.91 Å². The van der Waals surface area contributed by atoms with Crippen LogP contribution >= 0.6 is 0 Å². The van der Waals surface area contributed by atoms with E-state index in [-0.39, 0.29) is 6.04 Å². The van der Waals surface area contributed by atoms with Gasteiger partial charge in [-0.1, -0.05) is 5.18 Å². The van der Waals surface area contributed by atoms with E-state index in [2.05, 4.69) is 5.18 Å². The van der Waals surface area contributed by atoms with Crippen molar-refractivity contribution in [2.75, 3.05) is 13.1 Å². The predicted octanol–water partition coefficient (Wildman–Crippen LogP) is 0.895. The molecular formula is C6H10N2O3. The van der Waals surface area contributed by atoms with Crippen molar-refractivity contribution in [3.8, 4) is 0 Å². The first-order valence-corrected chi connectivity index (χ1v) is 3.54. The third-order valence-corrected chi connectivity index (χ3v) is 1.88. The minimum Gasteiger partial charge on any atom is -0.465 e. The highest BCUT2D eigenvalue weighted by Gasteiger charge is 2.22. The molecule has 0 atom stereocenters. The molecule has 0 aromatic carbocycles. The molecule has 1 fully saturated rings. The van der Waals surface area contributed by atoms with Gasteiger partial charge in [-0.05, 0) is 12.8 Å². The number of carbonyl (C=O) groups is 1. The van der Waals surface area contributed by atoms with Gasteiger partial charge < -0.3 is 10.0 Å². The smallest absolute Gasteiger partial charge is 0.407 e. The highest BCUT2D eigenvalue weighted by atomic mass is 16.4. The van der Waals surface area contributed by atoms with Gasteiger partial charge in [0, 0.05) is 13.1 Å². The van der Waals surface area contributed by atoms with E-state index in [1.54, 1.807) is 0 Å². The Kier molecular flexibility index (Phi) is 2.40. The molecule has 1 aliphatic heterocycles. The zero-order chi connectivity index (χ0) is 8.27. The Morgan fingerprint density at radius 2 is 2.00 bits per heavy atom. The van der Waals surface area contributed by atoms with Crippen LogP contribution in [0.4, 0.5) is 4.79 Å². The van der Waals surface area contributed by atoms with Gasteiger partial charge in [-0.2, -0.15) is 4.91 Å². The minimum atomic E-state index is -0.908. The second kappa shape index (κ2) is 3.32. The summed E-state index contributed by atoms with van der Waals surface area (Å²) in [5.41, 5.74) is 0. The van der Waals surface area contributed by atoms with Crippen LogP contribution in [0.2, 0.25) is 0 Å². The van der Waals surface area contributed by atoms with Crippen LogP contribution in [0.15, 0.2) is 5.18 Å². The van der Waals surface area contributed by atoms with Gasteiger partial charge in [-0.25, -0.2) is 4.79 Å². The van der Waals surface area contributed by atoms with Crippen LogP contribution in [-0.2, 0) is 0 Å². The first kappa shape index (κ1) is 7.97. The van der Waals surface area contributed by atoms with E-state index in [1.165, 1.54) is 4.90 Å². The Morgan fingerprint density at radius 1 is 1.45 bits per heavy atom. The average molecular weight is 158 g/mol. The quantitative estimate of drug-likeness (QED) is 0.576. The molecule has 5 nitrogen and oxygen atoms in total. The molecule has 0 spiro atoms. The number of carboxylic acid groups (broad SMARTS) is 1. The van der Waals surface area contributed by atoms with Gasteiger partial charge in [0.1, 0.15) is 0 Å². The van der Waals surface area contributed by atoms with E-state index in [0.29, 0.717) is 25.9 Å². The average Bonchev–Trinajstić information content (AvgIpc) is 2.05. The van der Waals surface area contributed by atoms with Crippen LogP contribution in [-0.4, -0.2) is 35.2 Å². The lowest BCUT2D eigenvalue weighted by Gasteiger charge is -2.25. The molecule has 0 bridgehead atoms. The molecule has 0 unspecified atom stereocenters.